The van der Waals surface area contributed by atoms with Crippen LogP contribution in [0.4, 0.5) is 0 Å². The maximum atomic E-state index is 11.3. The fraction of sp³-hybridized carbons (Fsp3) is 0.429. The molecule has 0 fully saturated rings. The van der Waals surface area contributed by atoms with Gasteiger partial charge < -0.3 is 4.74 Å². The second-order valence-electron chi connectivity index (χ2n) is 4.38. The average Bonchev–Trinajstić information content (AvgIpc) is 2.38. The Morgan fingerprint density at radius 3 is 2.44 bits per heavy atom. The highest BCUT2D eigenvalue weighted by atomic mass is 16.5. The number of methoxy groups -OCH3 is 1. The van der Waals surface area contributed by atoms with Gasteiger partial charge in [0, 0.05) is 12.6 Å². The van der Waals surface area contributed by atoms with Crippen LogP contribution in [0.2, 0.25) is 0 Å². The molecule has 0 heterocycles. The largest absolute Gasteiger partial charge is 0.468 e. The van der Waals surface area contributed by atoms with Gasteiger partial charge >= 0.3 is 5.97 Å². The summed E-state index contributed by atoms with van der Waals surface area (Å²) in [5.41, 5.74) is 1.72. The Morgan fingerprint density at radius 1 is 1.39 bits per heavy atom. The van der Waals surface area contributed by atoms with E-state index in [1.165, 1.54) is 7.11 Å². The fourth-order valence-corrected chi connectivity index (χ4v) is 1.57. The van der Waals surface area contributed by atoms with Crippen molar-refractivity contribution < 1.29 is 9.53 Å². The van der Waals surface area contributed by atoms with Crippen LogP contribution < -0.4 is 0 Å². The smallest absolute Gasteiger partial charge is 0.319 e. The van der Waals surface area contributed by atoms with Gasteiger partial charge in [-0.15, -0.1) is 0 Å². The van der Waals surface area contributed by atoms with Crippen molar-refractivity contribution in [3.05, 3.63) is 35.4 Å². The molecule has 0 saturated carbocycles. The van der Waals surface area contributed by atoms with E-state index in [4.69, 9.17) is 5.26 Å². The number of ether oxygens (including phenoxy) is 1. The molecular formula is C14H18N2O2. The van der Waals surface area contributed by atoms with Gasteiger partial charge in [0.15, 0.2) is 0 Å². The van der Waals surface area contributed by atoms with Gasteiger partial charge in [-0.1, -0.05) is 12.1 Å². The molecule has 0 aliphatic heterocycles. The van der Waals surface area contributed by atoms with Crippen molar-refractivity contribution in [1.29, 1.82) is 5.26 Å². The maximum Gasteiger partial charge on any atom is 0.319 e. The Morgan fingerprint density at radius 2 is 2.00 bits per heavy atom. The number of carbonyl (C=O) groups is 1. The monoisotopic (exact) mass is 246 g/mol. The molecule has 18 heavy (non-hydrogen) atoms. The zero-order valence-electron chi connectivity index (χ0n) is 11.0. The molecule has 0 spiro atoms. The molecule has 1 aromatic carbocycles. The second-order valence-corrected chi connectivity index (χ2v) is 4.38. The van der Waals surface area contributed by atoms with Crippen LogP contribution in [0.25, 0.3) is 0 Å². The van der Waals surface area contributed by atoms with Crippen LogP contribution in [0.1, 0.15) is 25.0 Å². The number of nitriles is 1. The van der Waals surface area contributed by atoms with E-state index in [9.17, 15) is 4.79 Å². The number of benzene rings is 1. The molecule has 1 rings (SSSR count). The van der Waals surface area contributed by atoms with Crippen molar-refractivity contribution in [3.8, 4) is 6.07 Å². The van der Waals surface area contributed by atoms with Crippen LogP contribution in [0.15, 0.2) is 24.3 Å². The molecule has 0 N–H and O–H groups in total. The number of carbonyl (C=O) groups excluding carboxylic acids is 1. The molecule has 0 radical (unpaired) electrons. The molecule has 0 aliphatic rings. The van der Waals surface area contributed by atoms with E-state index in [0.29, 0.717) is 12.1 Å². The summed E-state index contributed by atoms with van der Waals surface area (Å²) in [5, 5.41) is 8.73. The van der Waals surface area contributed by atoms with Gasteiger partial charge in [-0.25, -0.2) is 0 Å². The summed E-state index contributed by atoms with van der Waals surface area (Å²) in [5.74, 6) is -0.239. The molecule has 0 aliphatic carbocycles. The maximum absolute atomic E-state index is 11.3. The summed E-state index contributed by atoms with van der Waals surface area (Å²) in [7, 11) is 1.39. The highest BCUT2D eigenvalue weighted by molar-refractivity contribution is 5.71. The van der Waals surface area contributed by atoms with Crippen molar-refractivity contribution in [2.24, 2.45) is 0 Å². The van der Waals surface area contributed by atoms with Gasteiger partial charge in [0.1, 0.15) is 0 Å². The van der Waals surface area contributed by atoms with Crippen LogP contribution in [0, 0.1) is 11.3 Å². The Labute approximate surface area is 108 Å². The van der Waals surface area contributed by atoms with E-state index in [2.05, 4.69) is 10.8 Å². The molecule has 4 heteroatoms. The molecule has 0 unspecified atom stereocenters. The Hall–Kier alpha value is -1.86. The lowest BCUT2D eigenvalue weighted by Gasteiger charge is -2.25. The molecule has 0 amide bonds. The van der Waals surface area contributed by atoms with E-state index < -0.39 is 0 Å². The third-order valence-electron chi connectivity index (χ3n) is 2.76. The number of esters is 1. The number of hydrogen-bond donors (Lipinski definition) is 0. The first-order chi connectivity index (χ1) is 8.56. The van der Waals surface area contributed by atoms with Crippen LogP contribution in [0.5, 0.6) is 0 Å². The lowest BCUT2D eigenvalue weighted by Crippen LogP contribution is -2.35. The molecule has 0 bridgehead atoms. The highest BCUT2D eigenvalue weighted by Crippen LogP contribution is 2.09. The summed E-state index contributed by atoms with van der Waals surface area (Å²) >= 11 is 0. The Kier molecular flexibility index (Phi) is 5.34. The summed E-state index contributed by atoms with van der Waals surface area (Å²) in [6, 6.07) is 9.72. The molecule has 0 aromatic heterocycles. The topological polar surface area (TPSA) is 53.3 Å². The van der Waals surface area contributed by atoms with Gasteiger partial charge in [-0.05, 0) is 31.5 Å². The van der Waals surface area contributed by atoms with Gasteiger partial charge in [-0.2, -0.15) is 5.26 Å². The van der Waals surface area contributed by atoms with Crippen LogP contribution in [0.3, 0.4) is 0 Å². The molecule has 0 atom stereocenters. The van der Waals surface area contributed by atoms with Crippen LogP contribution in [-0.2, 0) is 16.1 Å². The summed E-state index contributed by atoms with van der Waals surface area (Å²) in [4.78, 5) is 13.3. The van der Waals surface area contributed by atoms with Crippen LogP contribution >= 0.6 is 0 Å². The zero-order valence-corrected chi connectivity index (χ0v) is 11.0. The zero-order chi connectivity index (χ0) is 13.5. The van der Waals surface area contributed by atoms with Gasteiger partial charge in [-0.3, -0.25) is 9.69 Å². The third-order valence-corrected chi connectivity index (χ3v) is 2.76. The molecule has 0 saturated heterocycles. The lowest BCUT2D eigenvalue weighted by atomic mass is 10.1. The summed E-state index contributed by atoms with van der Waals surface area (Å²) in [6.07, 6.45) is 0. The Bertz CT molecular complexity index is 432. The minimum atomic E-state index is -0.239. The lowest BCUT2D eigenvalue weighted by molar-refractivity contribution is -0.142. The Balaban J connectivity index is 2.71. The van der Waals surface area contributed by atoms with E-state index in [1.54, 1.807) is 12.1 Å². The van der Waals surface area contributed by atoms with E-state index in [1.807, 2.05) is 30.9 Å². The van der Waals surface area contributed by atoms with Crippen molar-refractivity contribution in [2.45, 2.75) is 26.4 Å². The van der Waals surface area contributed by atoms with E-state index >= 15 is 0 Å². The first-order valence-electron chi connectivity index (χ1n) is 5.86. The molecule has 96 valence electrons. The van der Waals surface area contributed by atoms with E-state index in [-0.39, 0.29) is 18.6 Å². The SMILES string of the molecule is COC(=O)CN(Cc1ccc(C#N)cc1)C(C)C. The van der Waals surface area contributed by atoms with Gasteiger partial charge in [0.05, 0.1) is 25.3 Å². The quantitative estimate of drug-likeness (QED) is 0.745. The average molecular weight is 246 g/mol. The normalized spacial score (nSPS) is 10.4. The minimum absolute atomic E-state index is 0.239. The highest BCUT2D eigenvalue weighted by Gasteiger charge is 2.14. The summed E-state index contributed by atoms with van der Waals surface area (Å²) in [6.45, 7) is 5.01. The summed E-state index contributed by atoms with van der Waals surface area (Å²) < 4.78 is 4.68. The number of rotatable bonds is 5. The van der Waals surface area contributed by atoms with Crippen molar-refractivity contribution in [2.75, 3.05) is 13.7 Å². The van der Waals surface area contributed by atoms with Crippen molar-refractivity contribution in [3.63, 3.8) is 0 Å². The molecular weight excluding hydrogens is 228 g/mol. The molecule has 4 nitrogen and oxygen atoms in total. The fourth-order valence-electron chi connectivity index (χ4n) is 1.57. The predicted octanol–water partition coefficient (Wildman–Crippen LogP) is 1.94. The van der Waals surface area contributed by atoms with Crippen molar-refractivity contribution >= 4 is 5.97 Å². The number of hydrogen-bond acceptors (Lipinski definition) is 4. The van der Waals surface area contributed by atoms with Crippen LogP contribution in [-0.4, -0.2) is 30.6 Å². The second kappa shape index (κ2) is 6.77. The first kappa shape index (κ1) is 14.2. The van der Waals surface area contributed by atoms with Gasteiger partial charge in [0.2, 0.25) is 0 Å². The number of nitrogens with zero attached hydrogens (tertiary/aromatic N) is 2. The first-order valence-corrected chi connectivity index (χ1v) is 5.86. The van der Waals surface area contributed by atoms with E-state index in [0.717, 1.165) is 5.56 Å². The van der Waals surface area contributed by atoms with Gasteiger partial charge in [0.25, 0.3) is 0 Å². The predicted molar refractivity (Wildman–Crippen MR) is 68.7 cm³/mol. The van der Waals surface area contributed by atoms with Crippen molar-refractivity contribution in [1.82, 2.24) is 4.90 Å². The minimum Gasteiger partial charge on any atom is -0.468 e. The molecule has 1 aromatic rings. The third kappa shape index (κ3) is 4.19. The standard InChI is InChI=1S/C14H18N2O2/c1-11(2)16(10-14(17)18-3)9-13-6-4-12(8-15)5-7-13/h4-7,11H,9-10H2,1-3H3.